The molecule has 0 aliphatic heterocycles. The monoisotopic (exact) mass is 305 g/mol. The Kier molecular flexibility index (Phi) is 7.08. The summed E-state index contributed by atoms with van der Waals surface area (Å²) in [6, 6.07) is 0. The van der Waals surface area contributed by atoms with Crippen molar-refractivity contribution in [2.75, 3.05) is 13.1 Å². The summed E-state index contributed by atoms with van der Waals surface area (Å²) in [5, 5.41) is 2.61. The fourth-order valence-electron chi connectivity index (χ4n) is 1.80. The first-order chi connectivity index (χ1) is 10.5. The third-order valence-electron chi connectivity index (χ3n) is 2.80. The molecule has 1 rings (SSSR count). The van der Waals surface area contributed by atoms with E-state index in [1.54, 1.807) is 17.1 Å². The van der Waals surface area contributed by atoms with Gasteiger partial charge in [-0.2, -0.15) is 0 Å². The van der Waals surface area contributed by atoms with E-state index in [-0.39, 0.29) is 30.0 Å². The number of hydrogen-bond acceptors (Lipinski definition) is 4. The van der Waals surface area contributed by atoms with E-state index in [1.807, 2.05) is 13.8 Å². The molecule has 6 heteroatoms. The van der Waals surface area contributed by atoms with Crippen LogP contribution < -0.4 is 5.32 Å². The van der Waals surface area contributed by atoms with E-state index in [2.05, 4.69) is 23.5 Å². The third kappa shape index (κ3) is 5.55. The Morgan fingerprint density at radius 3 is 2.73 bits per heavy atom. The lowest BCUT2D eigenvalue weighted by Gasteiger charge is -2.20. The predicted octanol–water partition coefficient (Wildman–Crippen LogP) is 2.15. The molecular weight excluding hydrogens is 282 g/mol. The fraction of sp³-hybridized carbons (Fsp3) is 0.438. The van der Waals surface area contributed by atoms with Crippen molar-refractivity contribution in [2.45, 2.75) is 26.8 Å². The molecule has 0 spiro atoms. The van der Waals surface area contributed by atoms with Gasteiger partial charge in [-0.3, -0.25) is 9.59 Å². The molecule has 0 unspecified atom stereocenters. The van der Waals surface area contributed by atoms with E-state index in [0.29, 0.717) is 25.4 Å². The summed E-state index contributed by atoms with van der Waals surface area (Å²) in [7, 11) is 0. The number of rotatable bonds is 9. The minimum Gasteiger partial charge on any atom is -0.446 e. The molecule has 1 aromatic heterocycles. The Morgan fingerprint density at radius 1 is 1.41 bits per heavy atom. The maximum absolute atomic E-state index is 12.1. The van der Waals surface area contributed by atoms with Crippen molar-refractivity contribution in [2.24, 2.45) is 5.92 Å². The van der Waals surface area contributed by atoms with Crippen molar-refractivity contribution in [1.29, 1.82) is 0 Å². The fourth-order valence-corrected chi connectivity index (χ4v) is 1.80. The van der Waals surface area contributed by atoms with Crippen LogP contribution in [0, 0.1) is 5.92 Å². The number of hydrogen-bond donors (Lipinski definition) is 1. The zero-order valence-electron chi connectivity index (χ0n) is 13.2. The normalized spacial score (nSPS) is 10.3. The molecule has 0 bridgehead atoms. The minimum absolute atomic E-state index is 0.00533. The van der Waals surface area contributed by atoms with Crippen LogP contribution in [0.4, 0.5) is 0 Å². The molecule has 1 N–H and O–H groups in total. The second-order valence-electron chi connectivity index (χ2n) is 5.29. The summed E-state index contributed by atoms with van der Waals surface area (Å²) in [4.78, 5) is 29.6. The van der Waals surface area contributed by atoms with Gasteiger partial charge in [0.1, 0.15) is 6.26 Å². The summed E-state index contributed by atoms with van der Waals surface area (Å²) < 4.78 is 5.27. The quantitative estimate of drug-likeness (QED) is 0.709. The van der Waals surface area contributed by atoms with Gasteiger partial charge in [-0.25, -0.2) is 4.98 Å². The van der Waals surface area contributed by atoms with Crippen molar-refractivity contribution in [3.8, 4) is 0 Å². The van der Waals surface area contributed by atoms with E-state index in [9.17, 15) is 9.59 Å². The average molecular weight is 305 g/mol. The maximum atomic E-state index is 12.1. The number of carbonyl (C=O) groups is 2. The molecule has 0 radical (unpaired) electrons. The van der Waals surface area contributed by atoms with Crippen molar-refractivity contribution < 1.29 is 14.0 Å². The number of oxazole rings is 1. The molecule has 0 fully saturated rings. The molecule has 0 aliphatic rings. The second-order valence-corrected chi connectivity index (χ2v) is 5.29. The SMILES string of the molecule is C=CCNC(=O)c1coc(CN(CC=C)C(=O)CC(C)C)n1. The number of nitrogens with zero attached hydrogens (tertiary/aromatic N) is 2. The van der Waals surface area contributed by atoms with Gasteiger partial charge < -0.3 is 14.6 Å². The molecule has 0 saturated carbocycles. The Hall–Kier alpha value is -2.37. The second kappa shape index (κ2) is 8.81. The van der Waals surface area contributed by atoms with E-state index in [1.165, 1.54) is 6.26 Å². The van der Waals surface area contributed by atoms with Crippen LogP contribution in [0.5, 0.6) is 0 Å². The highest BCUT2D eigenvalue weighted by molar-refractivity contribution is 5.91. The Bertz CT molecular complexity index is 534. The van der Waals surface area contributed by atoms with Gasteiger partial charge >= 0.3 is 0 Å². The lowest BCUT2D eigenvalue weighted by Crippen LogP contribution is -2.31. The summed E-state index contributed by atoms with van der Waals surface area (Å²) in [6.07, 6.45) is 4.96. The van der Waals surface area contributed by atoms with Crippen LogP contribution in [-0.2, 0) is 11.3 Å². The van der Waals surface area contributed by atoms with Gasteiger partial charge in [0, 0.05) is 19.5 Å². The van der Waals surface area contributed by atoms with E-state index >= 15 is 0 Å². The molecule has 22 heavy (non-hydrogen) atoms. The first kappa shape index (κ1) is 17.7. The van der Waals surface area contributed by atoms with Crippen LogP contribution in [-0.4, -0.2) is 34.8 Å². The Morgan fingerprint density at radius 2 is 2.14 bits per heavy atom. The first-order valence-electron chi connectivity index (χ1n) is 7.20. The first-order valence-corrected chi connectivity index (χ1v) is 7.20. The standard InChI is InChI=1S/C16H23N3O3/c1-5-7-17-16(21)13-11-22-14(18-13)10-19(8-6-2)15(20)9-12(3)4/h5-6,11-12H,1-2,7-10H2,3-4H3,(H,17,21). The van der Waals surface area contributed by atoms with E-state index in [4.69, 9.17) is 4.42 Å². The zero-order valence-corrected chi connectivity index (χ0v) is 13.2. The Balaban J connectivity index is 2.71. The third-order valence-corrected chi connectivity index (χ3v) is 2.80. The van der Waals surface area contributed by atoms with Gasteiger partial charge in [-0.15, -0.1) is 13.2 Å². The van der Waals surface area contributed by atoms with Crippen LogP contribution in [0.25, 0.3) is 0 Å². The molecular formula is C16H23N3O3. The van der Waals surface area contributed by atoms with Crippen LogP contribution in [0.2, 0.25) is 0 Å². The van der Waals surface area contributed by atoms with Gasteiger partial charge in [0.2, 0.25) is 11.8 Å². The molecule has 0 aromatic carbocycles. The topological polar surface area (TPSA) is 75.4 Å². The molecule has 6 nitrogen and oxygen atoms in total. The molecule has 120 valence electrons. The van der Waals surface area contributed by atoms with E-state index in [0.717, 1.165) is 0 Å². The smallest absolute Gasteiger partial charge is 0.273 e. The molecule has 0 saturated heterocycles. The minimum atomic E-state index is -0.335. The highest BCUT2D eigenvalue weighted by atomic mass is 16.3. The van der Waals surface area contributed by atoms with Gasteiger partial charge in [-0.1, -0.05) is 26.0 Å². The number of amides is 2. The van der Waals surface area contributed by atoms with E-state index < -0.39 is 0 Å². The van der Waals surface area contributed by atoms with Gasteiger partial charge in [0.05, 0.1) is 6.54 Å². The highest BCUT2D eigenvalue weighted by Crippen LogP contribution is 2.10. The predicted molar refractivity (Wildman–Crippen MR) is 84.1 cm³/mol. The van der Waals surface area contributed by atoms with Crippen LogP contribution in [0.15, 0.2) is 36.0 Å². The summed E-state index contributed by atoms with van der Waals surface area (Å²) in [6.45, 7) is 12.1. The average Bonchev–Trinajstić information content (AvgIpc) is 2.92. The van der Waals surface area contributed by atoms with Crippen LogP contribution >= 0.6 is 0 Å². The largest absolute Gasteiger partial charge is 0.446 e. The summed E-state index contributed by atoms with van der Waals surface area (Å²) >= 11 is 0. The van der Waals surface area contributed by atoms with Crippen molar-refractivity contribution in [3.05, 3.63) is 43.2 Å². The van der Waals surface area contributed by atoms with Crippen molar-refractivity contribution >= 4 is 11.8 Å². The molecule has 0 aliphatic carbocycles. The maximum Gasteiger partial charge on any atom is 0.273 e. The summed E-state index contributed by atoms with van der Waals surface area (Å²) in [5.74, 6) is 0.261. The van der Waals surface area contributed by atoms with Gasteiger partial charge in [0.25, 0.3) is 5.91 Å². The number of aromatic nitrogens is 1. The van der Waals surface area contributed by atoms with Crippen molar-refractivity contribution in [1.82, 2.24) is 15.2 Å². The molecule has 0 atom stereocenters. The van der Waals surface area contributed by atoms with Crippen molar-refractivity contribution in [3.63, 3.8) is 0 Å². The van der Waals surface area contributed by atoms with Crippen LogP contribution in [0.3, 0.4) is 0 Å². The Labute approximate surface area is 130 Å². The number of nitrogens with one attached hydrogen (secondary N) is 1. The zero-order chi connectivity index (χ0) is 16.5. The lowest BCUT2D eigenvalue weighted by molar-refractivity contribution is -0.132. The lowest BCUT2D eigenvalue weighted by atomic mass is 10.1. The molecule has 1 aromatic rings. The number of carbonyl (C=O) groups excluding carboxylic acids is 2. The van der Waals surface area contributed by atoms with Gasteiger partial charge in [0.15, 0.2) is 5.69 Å². The van der Waals surface area contributed by atoms with Gasteiger partial charge in [-0.05, 0) is 5.92 Å². The summed E-state index contributed by atoms with van der Waals surface area (Å²) in [5.41, 5.74) is 0.187. The molecule has 2 amide bonds. The highest BCUT2D eigenvalue weighted by Gasteiger charge is 2.18. The molecule has 1 heterocycles. The van der Waals surface area contributed by atoms with Crippen LogP contribution in [0.1, 0.15) is 36.6 Å².